The summed E-state index contributed by atoms with van der Waals surface area (Å²) in [5.74, 6) is -0.201. The Morgan fingerprint density at radius 3 is 2.26 bits per heavy atom. The van der Waals surface area contributed by atoms with E-state index < -0.39 is 0 Å². The number of hydrogen-bond donors (Lipinski definition) is 1. The van der Waals surface area contributed by atoms with E-state index in [1.54, 1.807) is 0 Å². The number of hydrogen-bond acceptors (Lipinski definition) is 3. The first-order chi connectivity index (χ1) is 9.29. The highest BCUT2D eigenvalue weighted by atomic mass is 16.5. The van der Waals surface area contributed by atoms with Crippen LogP contribution in [0.5, 0.6) is 0 Å². The molecule has 3 nitrogen and oxygen atoms in total. The second-order valence-corrected chi connectivity index (χ2v) is 4.20. The van der Waals surface area contributed by atoms with Gasteiger partial charge in [-0.1, -0.05) is 42.5 Å². The van der Waals surface area contributed by atoms with Crippen LogP contribution >= 0.6 is 0 Å². The number of rotatable bonds is 5. The van der Waals surface area contributed by atoms with E-state index in [0.717, 1.165) is 5.69 Å². The largest absolute Gasteiger partial charge is 0.469 e. The third-order valence-corrected chi connectivity index (χ3v) is 2.88. The van der Waals surface area contributed by atoms with Gasteiger partial charge in [0.05, 0.1) is 13.5 Å². The highest BCUT2D eigenvalue weighted by Crippen LogP contribution is 2.20. The van der Waals surface area contributed by atoms with Crippen LogP contribution < -0.4 is 5.32 Å². The molecule has 0 aliphatic carbocycles. The molecule has 98 valence electrons. The number of ether oxygens (including phenoxy) is 1. The molecule has 0 radical (unpaired) electrons. The first-order valence-electron chi connectivity index (χ1n) is 6.26. The van der Waals surface area contributed by atoms with Crippen LogP contribution in [0.4, 0.5) is 5.69 Å². The van der Waals surface area contributed by atoms with Crippen LogP contribution in [0.1, 0.15) is 6.42 Å². The first kappa shape index (κ1) is 13.1. The molecule has 2 aromatic rings. The van der Waals surface area contributed by atoms with Crippen molar-refractivity contribution in [2.75, 3.05) is 19.0 Å². The summed E-state index contributed by atoms with van der Waals surface area (Å²) in [6.45, 7) is 0.581. The van der Waals surface area contributed by atoms with E-state index in [2.05, 4.69) is 34.3 Å². The molecule has 2 rings (SSSR count). The Morgan fingerprint density at radius 1 is 1.00 bits per heavy atom. The molecular weight excluding hydrogens is 238 g/mol. The zero-order valence-corrected chi connectivity index (χ0v) is 10.9. The molecule has 0 aliphatic heterocycles. The Bertz CT molecular complexity index is 520. The maximum Gasteiger partial charge on any atom is 0.307 e. The summed E-state index contributed by atoms with van der Waals surface area (Å²) in [6, 6.07) is 18.4. The number of benzene rings is 2. The van der Waals surface area contributed by atoms with E-state index in [-0.39, 0.29) is 5.97 Å². The van der Waals surface area contributed by atoms with Gasteiger partial charge in [0.15, 0.2) is 0 Å². The zero-order valence-electron chi connectivity index (χ0n) is 10.9. The molecule has 0 heterocycles. The minimum Gasteiger partial charge on any atom is -0.469 e. The van der Waals surface area contributed by atoms with Crippen LogP contribution in [0.3, 0.4) is 0 Å². The van der Waals surface area contributed by atoms with Crippen molar-refractivity contribution in [3.63, 3.8) is 0 Å². The number of nitrogens with one attached hydrogen (secondary N) is 1. The fourth-order valence-corrected chi connectivity index (χ4v) is 1.82. The normalized spacial score (nSPS) is 9.95. The van der Waals surface area contributed by atoms with Gasteiger partial charge in [-0.05, 0) is 23.3 Å². The Morgan fingerprint density at radius 2 is 1.63 bits per heavy atom. The van der Waals surface area contributed by atoms with Crippen molar-refractivity contribution in [2.24, 2.45) is 0 Å². The van der Waals surface area contributed by atoms with Gasteiger partial charge >= 0.3 is 5.97 Å². The number of carbonyl (C=O) groups excluding carboxylic acids is 1. The van der Waals surface area contributed by atoms with Crippen molar-refractivity contribution in [1.82, 2.24) is 0 Å². The number of carbonyl (C=O) groups is 1. The van der Waals surface area contributed by atoms with Gasteiger partial charge in [-0.25, -0.2) is 0 Å². The number of esters is 1. The van der Waals surface area contributed by atoms with Crippen molar-refractivity contribution < 1.29 is 9.53 Å². The summed E-state index contributed by atoms with van der Waals surface area (Å²) >= 11 is 0. The van der Waals surface area contributed by atoms with Crippen LogP contribution in [-0.2, 0) is 9.53 Å². The second-order valence-electron chi connectivity index (χ2n) is 4.20. The second kappa shape index (κ2) is 6.59. The molecule has 0 fully saturated rings. The average molecular weight is 255 g/mol. The lowest BCUT2D eigenvalue weighted by Crippen LogP contribution is -2.09. The summed E-state index contributed by atoms with van der Waals surface area (Å²) in [5.41, 5.74) is 3.38. The summed E-state index contributed by atoms with van der Waals surface area (Å²) in [4.78, 5) is 11.0. The Balaban J connectivity index is 1.94. The highest BCUT2D eigenvalue weighted by Gasteiger charge is 2.00. The SMILES string of the molecule is COC(=O)CCNc1ccc(-c2ccccc2)cc1. The average Bonchev–Trinajstić information content (AvgIpc) is 2.48. The quantitative estimate of drug-likeness (QED) is 0.833. The third-order valence-electron chi connectivity index (χ3n) is 2.88. The molecule has 19 heavy (non-hydrogen) atoms. The number of methoxy groups -OCH3 is 1. The third kappa shape index (κ3) is 3.85. The highest BCUT2D eigenvalue weighted by molar-refractivity contribution is 5.70. The van der Waals surface area contributed by atoms with Gasteiger partial charge in [0, 0.05) is 12.2 Å². The van der Waals surface area contributed by atoms with Crippen molar-refractivity contribution in [3.8, 4) is 11.1 Å². The van der Waals surface area contributed by atoms with E-state index in [1.165, 1.54) is 18.2 Å². The minimum atomic E-state index is -0.201. The first-order valence-corrected chi connectivity index (χ1v) is 6.26. The van der Waals surface area contributed by atoms with E-state index in [4.69, 9.17) is 0 Å². The van der Waals surface area contributed by atoms with Gasteiger partial charge in [-0.3, -0.25) is 4.79 Å². The molecule has 3 heteroatoms. The van der Waals surface area contributed by atoms with Crippen molar-refractivity contribution in [2.45, 2.75) is 6.42 Å². The van der Waals surface area contributed by atoms with E-state index >= 15 is 0 Å². The fourth-order valence-electron chi connectivity index (χ4n) is 1.82. The molecule has 0 saturated carbocycles. The summed E-state index contributed by atoms with van der Waals surface area (Å²) in [5, 5.41) is 3.19. The van der Waals surface area contributed by atoms with E-state index in [0.29, 0.717) is 13.0 Å². The Labute approximate surface area is 113 Å². The molecule has 0 atom stereocenters. The predicted octanol–water partition coefficient (Wildman–Crippen LogP) is 3.33. The molecule has 1 N–H and O–H groups in total. The van der Waals surface area contributed by atoms with Gasteiger partial charge in [-0.15, -0.1) is 0 Å². The molecule has 0 amide bonds. The van der Waals surface area contributed by atoms with Gasteiger partial charge in [0.1, 0.15) is 0 Å². The molecular formula is C16H17NO2. The maximum atomic E-state index is 11.0. The maximum absolute atomic E-state index is 11.0. The topological polar surface area (TPSA) is 38.3 Å². The van der Waals surface area contributed by atoms with Gasteiger partial charge < -0.3 is 10.1 Å². The van der Waals surface area contributed by atoms with Gasteiger partial charge in [0.2, 0.25) is 0 Å². The van der Waals surface area contributed by atoms with Gasteiger partial charge in [0.25, 0.3) is 0 Å². The van der Waals surface area contributed by atoms with Crippen molar-refractivity contribution >= 4 is 11.7 Å². The summed E-state index contributed by atoms with van der Waals surface area (Å²) in [6.07, 6.45) is 0.372. The predicted molar refractivity (Wildman–Crippen MR) is 77.0 cm³/mol. The monoisotopic (exact) mass is 255 g/mol. The van der Waals surface area contributed by atoms with Crippen LogP contribution in [0, 0.1) is 0 Å². The van der Waals surface area contributed by atoms with Gasteiger partial charge in [-0.2, -0.15) is 0 Å². The smallest absolute Gasteiger partial charge is 0.307 e. The molecule has 0 spiro atoms. The van der Waals surface area contributed by atoms with E-state index in [1.807, 2.05) is 30.3 Å². The standard InChI is InChI=1S/C16H17NO2/c1-19-16(18)11-12-17-15-9-7-14(8-10-15)13-5-3-2-4-6-13/h2-10,17H,11-12H2,1H3. The summed E-state index contributed by atoms with van der Waals surface area (Å²) < 4.78 is 4.59. The van der Waals surface area contributed by atoms with Crippen LogP contribution in [0.15, 0.2) is 54.6 Å². The van der Waals surface area contributed by atoms with Crippen molar-refractivity contribution in [3.05, 3.63) is 54.6 Å². The molecule has 0 aromatic heterocycles. The fraction of sp³-hybridized carbons (Fsp3) is 0.188. The number of anilines is 1. The zero-order chi connectivity index (χ0) is 13.5. The molecule has 2 aromatic carbocycles. The lowest BCUT2D eigenvalue weighted by molar-refractivity contribution is -0.140. The minimum absolute atomic E-state index is 0.201. The lowest BCUT2D eigenvalue weighted by atomic mass is 10.1. The molecule has 0 bridgehead atoms. The summed E-state index contributed by atoms with van der Waals surface area (Å²) in [7, 11) is 1.40. The molecule has 0 aliphatic rings. The molecule has 0 saturated heterocycles. The van der Waals surface area contributed by atoms with Crippen LogP contribution in [0.2, 0.25) is 0 Å². The van der Waals surface area contributed by atoms with Crippen LogP contribution in [-0.4, -0.2) is 19.6 Å². The van der Waals surface area contributed by atoms with Crippen molar-refractivity contribution in [1.29, 1.82) is 0 Å². The molecule has 0 unspecified atom stereocenters. The van der Waals surface area contributed by atoms with Crippen LogP contribution in [0.25, 0.3) is 11.1 Å². The Kier molecular flexibility index (Phi) is 4.56. The Hall–Kier alpha value is -2.29. The van der Waals surface area contributed by atoms with E-state index in [9.17, 15) is 4.79 Å². The lowest BCUT2D eigenvalue weighted by Gasteiger charge is -2.07.